The van der Waals surface area contributed by atoms with Gasteiger partial charge >= 0.3 is 5.97 Å². The number of benzene rings is 1. The molecule has 3 heteroatoms. The number of carboxylic acids is 1. The SMILES string of the molecule is C=C(O)c1ccccc1CC(=O)O. The van der Waals surface area contributed by atoms with Crippen molar-refractivity contribution >= 4 is 11.7 Å². The predicted molar refractivity (Wildman–Crippen MR) is 49.4 cm³/mol. The second kappa shape index (κ2) is 3.76. The fraction of sp³-hybridized carbons (Fsp3) is 0.100. The average Bonchev–Trinajstić information content (AvgIpc) is 2.03. The molecule has 0 heterocycles. The number of aliphatic hydroxyl groups excluding tert-OH is 1. The number of aliphatic carboxylic acids is 1. The number of hydrogen-bond acceptors (Lipinski definition) is 2. The van der Waals surface area contributed by atoms with Crippen LogP contribution in [0.1, 0.15) is 11.1 Å². The van der Waals surface area contributed by atoms with Crippen molar-refractivity contribution < 1.29 is 15.0 Å². The molecule has 0 aliphatic rings. The van der Waals surface area contributed by atoms with Crippen LogP contribution >= 0.6 is 0 Å². The molecule has 2 N–H and O–H groups in total. The fourth-order valence-electron chi connectivity index (χ4n) is 1.12. The second-order valence-electron chi connectivity index (χ2n) is 2.67. The van der Waals surface area contributed by atoms with Gasteiger partial charge in [0.25, 0.3) is 0 Å². The summed E-state index contributed by atoms with van der Waals surface area (Å²) >= 11 is 0. The molecular formula is C10H10O3. The zero-order valence-corrected chi connectivity index (χ0v) is 7.03. The van der Waals surface area contributed by atoms with E-state index in [1.807, 2.05) is 0 Å². The first kappa shape index (κ1) is 9.32. The molecule has 13 heavy (non-hydrogen) atoms. The monoisotopic (exact) mass is 178 g/mol. The van der Waals surface area contributed by atoms with Crippen LogP contribution in [-0.4, -0.2) is 16.2 Å². The molecule has 0 radical (unpaired) electrons. The van der Waals surface area contributed by atoms with E-state index in [2.05, 4.69) is 6.58 Å². The summed E-state index contributed by atoms with van der Waals surface area (Å²) in [6.07, 6.45) is -0.101. The highest BCUT2D eigenvalue weighted by Gasteiger charge is 2.07. The van der Waals surface area contributed by atoms with Crippen LogP contribution in [-0.2, 0) is 11.2 Å². The van der Waals surface area contributed by atoms with Gasteiger partial charge in [-0.2, -0.15) is 0 Å². The van der Waals surface area contributed by atoms with Crippen molar-refractivity contribution in [2.45, 2.75) is 6.42 Å². The lowest BCUT2D eigenvalue weighted by Crippen LogP contribution is -2.02. The molecule has 0 fully saturated rings. The van der Waals surface area contributed by atoms with Crippen LogP contribution in [0.4, 0.5) is 0 Å². The summed E-state index contributed by atoms with van der Waals surface area (Å²) < 4.78 is 0. The molecule has 0 bridgehead atoms. The highest BCUT2D eigenvalue weighted by molar-refractivity contribution is 5.73. The molecule has 0 aliphatic heterocycles. The first-order chi connectivity index (χ1) is 6.11. The minimum atomic E-state index is -0.922. The van der Waals surface area contributed by atoms with E-state index in [0.717, 1.165) is 0 Å². The molecule has 0 saturated heterocycles. The Labute approximate surface area is 76.0 Å². The van der Waals surface area contributed by atoms with Crippen molar-refractivity contribution in [3.05, 3.63) is 42.0 Å². The van der Waals surface area contributed by atoms with Crippen LogP contribution in [0.25, 0.3) is 5.76 Å². The van der Waals surface area contributed by atoms with E-state index in [-0.39, 0.29) is 12.2 Å². The Morgan fingerprint density at radius 1 is 1.31 bits per heavy atom. The van der Waals surface area contributed by atoms with Crippen molar-refractivity contribution in [2.75, 3.05) is 0 Å². The van der Waals surface area contributed by atoms with Gasteiger partial charge in [-0.3, -0.25) is 4.79 Å². The van der Waals surface area contributed by atoms with Crippen molar-refractivity contribution in [1.82, 2.24) is 0 Å². The molecule has 0 aliphatic carbocycles. The van der Waals surface area contributed by atoms with Gasteiger partial charge in [0, 0.05) is 5.56 Å². The smallest absolute Gasteiger partial charge is 0.307 e. The van der Waals surface area contributed by atoms with E-state index in [1.165, 1.54) is 0 Å². The van der Waals surface area contributed by atoms with Crippen LogP contribution < -0.4 is 0 Å². The van der Waals surface area contributed by atoms with Gasteiger partial charge in [-0.1, -0.05) is 30.8 Å². The van der Waals surface area contributed by atoms with Crippen LogP contribution in [0.2, 0.25) is 0 Å². The fourth-order valence-corrected chi connectivity index (χ4v) is 1.12. The van der Waals surface area contributed by atoms with Gasteiger partial charge in [0.2, 0.25) is 0 Å². The van der Waals surface area contributed by atoms with Crippen LogP contribution in [0, 0.1) is 0 Å². The minimum Gasteiger partial charge on any atom is -0.508 e. The van der Waals surface area contributed by atoms with Gasteiger partial charge in [0.1, 0.15) is 5.76 Å². The number of hydrogen-bond donors (Lipinski definition) is 2. The van der Waals surface area contributed by atoms with Crippen molar-refractivity contribution in [3.8, 4) is 0 Å². The van der Waals surface area contributed by atoms with E-state index >= 15 is 0 Å². The summed E-state index contributed by atoms with van der Waals surface area (Å²) in [5.41, 5.74) is 1.06. The molecule has 68 valence electrons. The van der Waals surface area contributed by atoms with Gasteiger partial charge in [0.15, 0.2) is 0 Å². The second-order valence-corrected chi connectivity index (χ2v) is 2.67. The summed E-state index contributed by atoms with van der Waals surface area (Å²) in [5, 5.41) is 17.7. The molecular weight excluding hydrogens is 168 g/mol. The Morgan fingerprint density at radius 3 is 2.46 bits per heavy atom. The quantitative estimate of drug-likeness (QED) is 0.694. The van der Waals surface area contributed by atoms with Crippen LogP contribution in [0.5, 0.6) is 0 Å². The molecule has 1 rings (SSSR count). The number of carboxylic acid groups (broad SMARTS) is 1. The Morgan fingerprint density at radius 2 is 1.92 bits per heavy atom. The van der Waals surface area contributed by atoms with E-state index in [4.69, 9.17) is 10.2 Å². The number of rotatable bonds is 3. The lowest BCUT2D eigenvalue weighted by Gasteiger charge is -2.04. The topological polar surface area (TPSA) is 57.5 Å². The highest BCUT2D eigenvalue weighted by atomic mass is 16.4. The number of carbonyl (C=O) groups is 1. The van der Waals surface area contributed by atoms with E-state index in [9.17, 15) is 4.79 Å². The predicted octanol–water partition coefficient (Wildman–Crippen LogP) is 1.84. The Kier molecular flexibility index (Phi) is 2.69. The molecule has 0 saturated carbocycles. The largest absolute Gasteiger partial charge is 0.508 e. The zero-order valence-electron chi connectivity index (χ0n) is 7.03. The third kappa shape index (κ3) is 2.33. The molecule has 0 unspecified atom stereocenters. The van der Waals surface area contributed by atoms with E-state index in [0.29, 0.717) is 11.1 Å². The van der Waals surface area contributed by atoms with Crippen LogP contribution in [0.15, 0.2) is 30.8 Å². The first-order valence-corrected chi connectivity index (χ1v) is 3.79. The standard InChI is InChI=1S/C10H10O3/c1-7(11)9-5-3-2-4-8(9)6-10(12)13/h2-5,11H,1,6H2,(H,12,13). The van der Waals surface area contributed by atoms with E-state index < -0.39 is 5.97 Å². The van der Waals surface area contributed by atoms with Gasteiger partial charge in [-0.05, 0) is 5.56 Å². The Balaban J connectivity index is 3.04. The van der Waals surface area contributed by atoms with Crippen LogP contribution in [0.3, 0.4) is 0 Å². The maximum absolute atomic E-state index is 10.4. The lowest BCUT2D eigenvalue weighted by atomic mass is 10.0. The van der Waals surface area contributed by atoms with Gasteiger partial charge in [0.05, 0.1) is 6.42 Å². The summed E-state index contributed by atoms with van der Waals surface area (Å²) in [5.74, 6) is -1.02. The summed E-state index contributed by atoms with van der Waals surface area (Å²) in [6, 6.07) is 6.75. The average molecular weight is 178 g/mol. The molecule has 0 aromatic heterocycles. The van der Waals surface area contributed by atoms with Crippen molar-refractivity contribution in [1.29, 1.82) is 0 Å². The highest BCUT2D eigenvalue weighted by Crippen LogP contribution is 2.15. The summed E-state index contributed by atoms with van der Waals surface area (Å²) in [7, 11) is 0. The number of aliphatic hydroxyl groups is 1. The first-order valence-electron chi connectivity index (χ1n) is 3.79. The normalized spacial score (nSPS) is 9.54. The molecule has 3 nitrogen and oxygen atoms in total. The Bertz CT molecular complexity index is 342. The van der Waals surface area contributed by atoms with Crippen molar-refractivity contribution in [3.63, 3.8) is 0 Å². The summed E-state index contributed by atoms with van der Waals surface area (Å²) in [6.45, 7) is 3.36. The zero-order chi connectivity index (χ0) is 9.84. The summed E-state index contributed by atoms with van der Waals surface area (Å²) in [4.78, 5) is 10.4. The molecule has 1 aromatic carbocycles. The minimum absolute atomic E-state index is 0.100. The van der Waals surface area contributed by atoms with Gasteiger partial charge < -0.3 is 10.2 Å². The van der Waals surface area contributed by atoms with Crippen molar-refractivity contribution in [2.24, 2.45) is 0 Å². The van der Waals surface area contributed by atoms with Gasteiger partial charge in [-0.15, -0.1) is 0 Å². The Hall–Kier alpha value is -1.77. The maximum atomic E-state index is 10.4. The molecule has 0 amide bonds. The lowest BCUT2D eigenvalue weighted by molar-refractivity contribution is -0.136. The molecule has 0 spiro atoms. The molecule has 1 aromatic rings. The van der Waals surface area contributed by atoms with Gasteiger partial charge in [-0.25, -0.2) is 0 Å². The third-order valence-electron chi connectivity index (χ3n) is 1.67. The molecule has 0 atom stereocenters. The maximum Gasteiger partial charge on any atom is 0.307 e. The third-order valence-corrected chi connectivity index (χ3v) is 1.67. The van der Waals surface area contributed by atoms with E-state index in [1.54, 1.807) is 24.3 Å².